The van der Waals surface area contributed by atoms with E-state index in [-0.39, 0.29) is 19.3 Å². The zero-order chi connectivity index (χ0) is 13.1. The number of rotatable bonds is 5. The summed E-state index contributed by atoms with van der Waals surface area (Å²) in [4.78, 5) is 38.5. The monoisotopic (exact) mass is 243 g/mol. The van der Waals surface area contributed by atoms with Crippen molar-refractivity contribution in [1.29, 1.82) is 0 Å². The predicted molar refractivity (Wildman–Crippen MR) is 59.3 cm³/mol. The van der Waals surface area contributed by atoms with Crippen LogP contribution < -0.4 is 0 Å². The number of nitrogens with zero attached hydrogens (tertiary/aromatic N) is 2. The molecule has 6 heteroatoms. The van der Waals surface area contributed by atoms with Crippen molar-refractivity contribution in [3.63, 3.8) is 0 Å². The first-order chi connectivity index (χ1) is 7.79. The number of imide groups is 1. The van der Waals surface area contributed by atoms with Gasteiger partial charge in [0.25, 0.3) is 11.8 Å². The van der Waals surface area contributed by atoms with E-state index in [0.29, 0.717) is 11.5 Å². The number of amides is 2. The molecule has 0 spiro atoms. The van der Waals surface area contributed by atoms with Crippen LogP contribution in [0.5, 0.6) is 0 Å². The second-order valence-corrected chi connectivity index (χ2v) is 5.16. The van der Waals surface area contributed by atoms with Gasteiger partial charge in [0.05, 0.1) is 34.1 Å². The standard InChI is InChI=1S/C11H19N2O4/c1-13(2,3)8-4-5-11(16)17-12-9(14)6-7-10(12)15/h4-8H2,1-3H3/q+1. The summed E-state index contributed by atoms with van der Waals surface area (Å²) in [7, 11) is 6.08. The molecule has 0 bridgehead atoms. The average molecular weight is 243 g/mol. The Balaban J connectivity index is 2.30. The Labute approximate surface area is 101 Å². The molecule has 0 aromatic rings. The zero-order valence-corrected chi connectivity index (χ0v) is 10.6. The number of quaternary nitrogens is 1. The third kappa shape index (κ3) is 4.52. The molecule has 1 heterocycles. The summed E-state index contributed by atoms with van der Waals surface area (Å²) < 4.78 is 0.759. The molecule has 1 fully saturated rings. The molecule has 0 saturated carbocycles. The second-order valence-electron chi connectivity index (χ2n) is 5.16. The molecule has 0 N–H and O–H groups in total. The maximum atomic E-state index is 11.4. The van der Waals surface area contributed by atoms with Crippen molar-refractivity contribution in [1.82, 2.24) is 5.06 Å². The summed E-state index contributed by atoms with van der Waals surface area (Å²) in [5.74, 6) is -1.40. The van der Waals surface area contributed by atoms with E-state index >= 15 is 0 Å². The Hall–Kier alpha value is -1.43. The molecule has 1 rings (SSSR count). The molecule has 1 aliphatic rings. The van der Waals surface area contributed by atoms with Gasteiger partial charge in [-0.15, -0.1) is 5.06 Å². The van der Waals surface area contributed by atoms with Gasteiger partial charge in [0, 0.05) is 19.3 Å². The van der Waals surface area contributed by atoms with E-state index in [4.69, 9.17) is 4.84 Å². The summed E-state index contributed by atoms with van der Waals surface area (Å²) in [6, 6.07) is 0. The first-order valence-electron chi connectivity index (χ1n) is 5.66. The number of carbonyl (C=O) groups is 3. The van der Waals surface area contributed by atoms with Crippen LogP contribution in [0.15, 0.2) is 0 Å². The first kappa shape index (κ1) is 13.6. The van der Waals surface area contributed by atoms with Crippen molar-refractivity contribution >= 4 is 17.8 Å². The van der Waals surface area contributed by atoms with Gasteiger partial charge in [-0.1, -0.05) is 0 Å². The van der Waals surface area contributed by atoms with Gasteiger partial charge in [-0.25, -0.2) is 4.79 Å². The maximum absolute atomic E-state index is 11.4. The van der Waals surface area contributed by atoms with Crippen molar-refractivity contribution in [2.75, 3.05) is 27.7 Å². The van der Waals surface area contributed by atoms with Gasteiger partial charge in [-0.2, -0.15) is 0 Å². The summed E-state index contributed by atoms with van der Waals surface area (Å²) in [5, 5.41) is 0.592. The lowest BCUT2D eigenvalue weighted by Crippen LogP contribution is -2.36. The summed E-state index contributed by atoms with van der Waals surface area (Å²) in [5.41, 5.74) is 0. The number of hydrogen-bond donors (Lipinski definition) is 0. The highest BCUT2D eigenvalue weighted by Gasteiger charge is 2.32. The smallest absolute Gasteiger partial charge is 0.331 e. The van der Waals surface area contributed by atoms with Crippen molar-refractivity contribution in [2.24, 2.45) is 0 Å². The van der Waals surface area contributed by atoms with Gasteiger partial charge >= 0.3 is 5.97 Å². The van der Waals surface area contributed by atoms with Gasteiger partial charge in [-0.05, 0) is 0 Å². The van der Waals surface area contributed by atoms with Gasteiger partial charge in [0.15, 0.2) is 0 Å². The van der Waals surface area contributed by atoms with Crippen LogP contribution in [-0.2, 0) is 19.2 Å². The Kier molecular flexibility index (Phi) is 4.22. The predicted octanol–water partition coefficient (Wildman–Crippen LogP) is 0.0800. The lowest BCUT2D eigenvalue weighted by Gasteiger charge is -2.23. The lowest BCUT2D eigenvalue weighted by atomic mass is 10.3. The average Bonchev–Trinajstić information content (AvgIpc) is 2.47. The van der Waals surface area contributed by atoms with E-state index in [0.717, 1.165) is 11.0 Å². The molecule has 2 amide bonds. The SMILES string of the molecule is C[N+](C)(C)CCCC(=O)ON1C(=O)CCC1=O. The van der Waals surface area contributed by atoms with E-state index in [1.54, 1.807) is 0 Å². The molecule has 6 nitrogen and oxygen atoms in total. The molecule has 0 unspecified atom stereocenters. The summed E-state index contributed by atoms with van der Waals surface area (Å²) in [6.07, 6.45) is 1.14. The zero-order valence-electron chi connectivity index (χ0n) is 10.6. The van der Waals surface area contributed by atoms with Crippen LogP contribution in [0.25, 0.3) is 0 Å². The highest BCUT2D eigenvalue weighted by atomic mass is 16.7. The van der Waals surface area contributed by atoms with Gasteiger partial charge < -0.3 is 9.32 Å². The van der Waals surface area contributed by atoms with E-state index in [9.17, 15) is 14.4 Å². The Morgan fingerprint density at radius 3 is 2.24 bits per heavy atom. The van der Waals surface area contributed by atoms with E-state index in [1.807, 2.05) is 21.1 Å². The Morgan fingerprint density at radius 1 is 1.24 bits per heavy atom. The van der Waals surface area contributed by atoms with Crippen molar-refractivity contribution in [2.45, 2.75) is 25.7 Å². The van der Waals surface area contributed by atoms with Crippen molar-refractivity contribution < 1.29 is 23.7 Å². The van der Waals surface area contributed by atoms with Crippen LogP contribution in [-0.4, -0.2) is 55.0 Å². The molecule has 96 valence electrons. The van der Waals surface area contributed by atoms with Crippen molar-refractivity contribution in [3.8, 4) is 0 Å². The molecule has 0 atom stereocenters. The highest BCUT2D eigenvalue weighted by molar-refractivity contribution is 6.01. The van der Waals surface area contributed by atoms with Crippen LogP contribution in [0.4, 0.5) is 0 Å². The Bertz CT molecular complexity index is 317. The Morgan fingerprint density at radius 2 is 1.76 bits per heavy atom. The minimum absolute atomic E-state index is 0.130. The van der Waals surface area contributed by atoms with Gasteiger partial charge in [-0.3, -0.25) is 9.59 Å². The van der Waals surface area contributed by atoms with E-state index < -0.39 is 17.8 Å². The maximum Gasteiger partial charge on any atom is 0.333 e. The minimum atomic E-state index is -0.526. The number of hydrogen-bond acceptors (Lipinski definition) is 4. The van der Waals surface area contributed by atoms with Crippen LogP contribution in [0.1, 0.15) is 25.7 Å². The lowest BCUT2D eigenvalue weighted by molar-refractivity contribution is -0.870. The molecule has 0 aliphatic carbocycles. The van der Waals surface area contributed by atoms with Crippen LogP contribution >= 0.6 is 0 Å². The van der Waals surface area contributed by atoms with Crippen LogP contribution in [0.2, 0.25) is 0 Å². The van der Waals surface area contributed by atoms with Crippen LogP contribution in [0.3, 0.4) is 0 Å². The fraction of sp³-hybridized carbons (Fsp3) is 0.727. The molecule has 0 aromatic carbocycles. The number of carbonyl (C=O) groups excluding carboxylic acids is 3. The van der Waals surface area contributed by atoms with Gasteiger partial charge in [0.1, 0.15) is 0 Å². The molecule has 17 heavy (non-hydrogen) atoms. The van der Waals surface area contributed by atoms with Gasteiger partial charge in [0.2, 0.25) is 0 Å². The normalized spacial score (nSPS) is 16.5. The molecule has 0 aromatic heterocycles. The largest absolute Gasteiger partial charge is 0.333 e. The molecule has 1 saturated heterocycles. The number of hydroxylamine groups is 2. The first-order valence-corrected chi connectivity index (χ1v) is 5.66. The fourth-order valence-corrected chi connectivity index (χ4v) is 1.50. The minimum Gasteiger partial charge on any atom is -0.331 e. The molecule has 0 radical (unpaired) electrons. The summed E-state index contributed by atoms with van der Waals surface area (Å²) >= 11 is 0. The fourth-order valence-electron chi connectivity index (χ4n) is 1.50. The van der Waals surface area contributed by atoms with Crippen LogP contribution in [0, 0.1) is 0 Å². The highest BCUT2D eigenvalue weighted by Crippen LogP contribution is 2.13. The second kappa shape index (κ2) is 5.27. The van der Waals surface area contributed by atoms with E-state index in [1.165, 1.54) is 0 Å². The summed E-state index contributed by atoms with van der Waals surface area (Å²) in [6.45, 7) is 0.830. The van der Waals surface area contributed by atoms with Crippen molar-refractivity contribution in [3.05, 3.63) is 0 Å². The quantitative estimate of drug-likeness (QED) is 0.507. The topological polar surface area (TPSA) is 63.7 Å². The molecule has 1 aliphatic heterocycles. The molecular weight excluding hydrogens is 224 g/mol. The third-order valence-electron chi connectivity index (χ3n) is 2.41. The van der Waals surface area contributed by atoms with E-state index in [2.05, 4.69) is 0 Å². The molecular formula is C11H19N2O4+. The third-order valence-corrected chi connectivity index (χ3v) is 2.41.